The van der Waals surface area contributed by atoms with Gasteiger partial charge in [-0.1, -0.05) is 79.5 Å². The molecule has 0 bridgehead atoms. The molecule has 1 aromatic rings. The predicted molar refractivity (Wildman–Crippen MR) is 247 cm³/mol. The molecule has 0 radical (unpaired) electrons. The molecule has 6 aliphatic carbocycles. The van der Waals surface area contributed by atoms with E-state index >= 15 is 0 Å². The van der Waals surface area contributed by atoms with Gasteiger partial charge in [-0.25, -0.2) is 0 Å². The number of aliphatic hydroxyl groups is 1. The molecule has 11 nitrogen and oxygen atoms in total. The molecule has 5 fully saturated rings. The number of carboxylic acid groups (broad SMARTS) is 1. The highest BCUT2D eigenvalue weighted by molar-refractivity contribution is 6.30. The maximum absolute atomic E-state index is 14.3. The van der Waals surface area contributed by atoms with Gasteiger partial charge in [-0.05, 0) is 159 Å². The molecule has 12 heteroatoms. The number of esters is 1. The zero-order chi connectivity index (χ0) is 47.9. The van der Waals surface area contributed by atoms with Crippen molar-refractivity contribution in [2.24, 2.45) is 73.7 Å². The van der Waals surface area contributed by atoms with E-state index in [4.69, 9.17) is 22.1 Å². The Morgan fingerprint density at radius 1 is 0.891 bits per heavy atom. The lowest BCUT2D eigenvalue weighted by molar-refractivity contribution is -0.238. The molecule has 1 unspecified atom stereocenters. The van der Waals surface area contributed by atoms with Crippen LogP contribution in [0.3, 0.4) is 0 Å². The summed E-state index contributed by atoms with van der Waals surface area (Å²) in [6.07, 6.45) is 7.08. The number of ketones is 1. The number of fused-ring (bicyclic) bond motifs is 7. The molecular weight excluding hydrogens is 830 g/mol. The second-order valence-corrected chi connectivity index (χ2v) is 23.5. The Balaban J connectivity index is 1.11. The number of hydrogen-bond acceptors (Lipinski definition) is 8. The van der Waals surface area contributed by atoms with Gasteiger partial charge in [0, 0.05) is 34.4 Å². The van der Waals surface area contributed by atoms with Crippen molar-refractivity contribution in [3.63, 3.8) is 0 Å². The zero-order valence-corrected chi connectivity index (χ0v) is 40.6. The molecule has 0 aliphatic heterocycles. The molecule has 0 saturated heterocycles. The van der Waals surface area contributed by atoms with E-state index in [1.165, 1.54) is 12.1 Å². The molecule has 0 aromatic heterocycles. The van der Waals surface area contributed by atoms with Gasteiger partial charge in [0.2, 0.25) is 5.91 Å². The molecule has 2 amide bonds. The van der Waals surface area contributed by atoms with Gasteiger partial charge in [-0.3, -0.25) is 24.0 Å². The van der Waals surface area contributed by atoms with Crippen LogP contribution >= 0.6 is 11.6 Å². The highest BCUT2D eigenvalue weighted by Gasteiger charge is 2.71. The van der Waals surface area contributed by atoms with Crippen molar-refractivity contribution in [1.82, 2.24) is 10.6 Å². The molecule has 5 saturated carbocycles. The number of carboxylic acids is 1. The van der Waals surface area contributed by atoms with Gasteiger partial charge < -0.3 is 31.3 Å². The smallest absolute Gasteiger partial charge is 0.309 e. The van der Waals surface area contributed by atoms with Gasteiger partial charge in [0.15, 0.2) is 5.78 Å². The fourth-order valence-electron chi connectivity index (χ4n) is 15.2. The van der Waals surface area contributed by atoms with Crippen molar-refractivity contribution >= 4 is 41.1 Å². The van der Waals surface area contributed by atoms with Crippen LogP contribution in [0.25, 0.3) is 0 Å². The standard InChI is InChI=1S/C52H76ClN3O8/c1-29(2)41-36(57)27-52(39(58)28-55-44(60)35(12-10-11-25-54)56-43(59)30-13-15-31(53)16-14-30)24-23-50(8)32(42(41)52)17-18-38-49(7)21-20-40(48(5,6)37(49)19-22-51(38,50)9)64-46(63)34-26-33(45(61)62)47(34,3)4/h13-16,29,32-35,37-40,58H,10-12,17-28,54H2,1-9H3,(H,55,60)(H,56,59)(H,61,62)/t32-,33+,34-,35?,37+,38-,39+,40+,49+,50-,51-,52+/m1/s1/i35D. The normalized spacial score (nSPS) is 37.6. The first-order chi connectivity index (χ1) is 30.2. The first-order valence-electron chi connectivity index (χ1n) is 24.7. The fourth-order valence-corrected chi connectivity index (χ4v) is 15.3. The van der Waals surface area contributed by atoms with E-state index in [0.29, 0.717) is 49.1 Å². The number of nitrogens with two attached hydrogens (primary N) is 1. The molecule has 6 aliphatic rings. The summed E-state index contributed by atoms with van der Waals surface area (Å²) in [6, 6.07) is 4.19. The predicted octanol–water partition coefficient (Wildman–Crippen LogP) is 8.68. The first kappa shape index (κ1) is 47.2. The quantitative estimate of drug-likeness (QED) is 0.0900. The lowest BCUT2D eigenvalue weighted by Gasteiger charge is -2.72. The number of Topliss-reactive ketones (excluding diaryl/α,β-unsaturated/α-hetero) is 1. The van der Waals surface area contributed by atoms with Crippen LogP contribution < -0.4 is 16.4 Å². The number of unbranched alkanes of at least 4 members (excludes halogenated alkanes) is 1. The van der Waals surface area contributed by atoms with Crippen LogP contribution in [0.1, 0.15) is 158 Å². The lowest BCUT2D eigenvalue weighted by Crippen LogP contribution is -2.66. The number of aliphatic carboxylic acids is 1. The molecule has 12 atom stereocenters. The number of amides is 2. The lowest BCUT2D eigenvalue weighted by atomic mass is 9.33. The minimum Gasteiger partial charge on any atom is -0.481 e. The topological polar surface area (TPSA) is 185 Å². The van der Waals surface area contributed by atoms with E-state index in [1.54, 1.807) is 12.1 Å². The molecule has 6 N–H and O–H groups in total. The van der Waals surface area contributed by atoms with Crippen molar-refractivity contribution in [1.29, 1.82) is 0 Å². The summed E-state index contributed by atoms with van der Waals surface area (Å²) < 4.78 is 15.7. The molecule has 0 spiro atoms. The average Bonchev–Trinajstić information content (AvgIpc) is 3.54. The highest BCUT2D eigenvalue weighted by atomic mass is 35.5. The number of allylic oxidation sites excluding steroid dienone is 1. The number of carbonyl (C=O) groups excluding carboxylic acids is 4. The first-order valence-corrected chi connectivity index (χ1v) is 24.6. The third-order valence-electron chi connectivity index (χ3n) is 19.2. The monoisotopic (exact) mass is 907 g/mol. The third-order valence-corrected chi connectivity index (χ3v) is 19.4. The van der Waals surface area contributed by atoms with Gasteiger partial charge in [0.1, 0.15) is 12.1 Å². The average molecular weight is 908 g/mol. The number of nitrogens with one attached hydrogen (secondary N) is 2. The maximum atomic E-state index is 14.3. The van der Waals surface area contributed by atoms with Crippen LogP contribution in [-0.2, 0) is 23.9 Å². The Labute approximate surface area is 387 Å². The van der Waals surface area contributed by atoms with Crippen molar-refractivity contribution < 1.29 is 40.3 Å². The summed E-state index contributed by atoms with van der Waals surface area (Å²) in [7, 11) is 0. The van der Waals surface area contributed by atoms with Crippen LogP contribution in [0.5, 0.6) is 0 Å². The number of carbonyl (C=O) groups is 5. The number of ether oxygens (including phenoxy) is 1. The number of rotatable bonds is 14. The minimum absolute atomic E-state index is 0.0213. The van der Waals surface area contributed by atoms with E-state index in [1.807, 2.05) is 13.8 Å². The van der Waals surface area contributed by atoms with E-state index < -0.39 is 52.6 Å². The minimum atomic E-state index is -2.03. The van der Waals surface area contributed by atoms with Crippen molar-refractivity contribution in [2.75, 3.05) is 13.1 Å². The summed E-state index contributed by atoms with van der Waals surface area (Å²) >= 11 is 6.04. The summed E-state index contributed by atoms with van der Waals surface area (Å²) in [5.41, 5.74) is 5.85. The molecule has 354 valence electrons. The SMILES string of the molecule is [2H]C(CCCCN)(NC(=O)c1ccc(Cl)cc1)C(=O)NC[C@H](O)[C@@]12CC[C@]3(C)[C@H](CC[C@@H]4[C@@]5(C)CC[C@H](OC(=O)[C@H]6C[C@@H](C(=O)O)C6(C)C)C(C)(C)[C@@H]5CC[C@]43C)C1=C(C(C)C)C(=O)C2. The van der Waals surface area contributed by atoms with Gasteiger partial charge in [-0.15, -0.1) is 0 Å². The Kier molecular flexibility index (Phi) is 12.9. The van der Waals surface area contributed by atoms with Crippen LogP contribution in [0.4, 0.5) is 0 Å². The van der Waals surface area contributed by atoms with Gasteiger partial charge in [0.25, 0.3) is 5.91 Å². The number of aliphatic hydroxyl groups excluding tert-OH is 1. The summed E-state index contributed by atoms with van der Waals surface area (Å²) in [5, 5.41) is 28.1. The van der Waals surface area contributed by atoms with E-state index in [9.17, 15) is 35.6 Å². The summed E-state index contributed by atoms with van der Waals surface area (Å²) in [6.45, 7) is 20.0. The molecule has 0 heterocycles. The molecular formula is C52H76ClN3O8. The summed E-state index contributed by atoms with van der Waals surface area (Å²) in [5.74, 6) is -2.64. The Bertz CT molecular complexity index is 2110. The largest absolute Gasteiger partial charge is 0.481 e. The second-order valence-electron chi connectivity index (χ2n) is 23.0. The van der Waals surface area contributed by atoms with Gasteiger partial charge >= 0.3 is 11.9 Å². The molecule has 7 rings (SSSR count). The number of benzene rings is 1. The second kappa shape index (κ2) is 17.4. The third kappa shape index (κ3) is 7.77. The zero-order valence-electron chi connectivity index (χ0n) is 40.8. The van der Waals surface area contributed by atoms with E-state index in [0.717, 1.165) is 56.1 Å². The van der Waals surface area contributed by atoms with Crippen LogP contribution in [-0.4, -0.2) is 71.1 Å². The molecule has 64 heavy (non-hydrogen) atoms. The van der Waals surface area contributed by atoms with Gasteiger partial charge in [0.05, 0.1) is 19.3 Å². The number of halogens is 1. The van der Waals surface area contributed by atoms with Crippen molar-refractivity contribution in [3.8, 4) is 0 Å². The maximum Gasteiger partial charge on any atom is 0.309 e. The Morgan fingerprint density at radius 2 is 1.58 bits per heavy atom. The van der Waals surface area contributed by atoms with Crippen molar-refractivity contribution in [3.05, 3.63) is 46.0 Å². The Morgan fingerprint density at radius 3 is 2.20 bits per heavy atom. The van der Waals surface area contributed by atoms with E-state index in [-0.39, 0.29) is 76.3 Å². The van der Waals surface area contributed by atoms with Crippen LogP contribution in [0.15, 0.2) is 35.4 Å². The highest BCUT2D eigenvalue weighted by Crippen LogP contribution is 2.77. The fraction of sp³-hybridized carbons (Fsp3) is 0.750. The van der Waals surface area contributed by atoms with Crippen molar-refractivity contribution in [2.45, 2.75) is 164 Å². The van der Waals surface area contributed by atoms with E-state index in [2.05, 4.69) is 59.1 Å². The van der Waals surface area contributed by atoms with Crippen LogP contribution in [0.2, 0.25) is 5.02 Å². The number of hydrogen-bond donors (Lipinski definition) is 5. The summed E-state index contributed by atoms with van der Waals surface area (Å²) in [4.78, 5) is 67.2. The van der Waals surface area contributed by atoms with Gasteiger partial charge in [-0.2, -0.15) is 0 Å². The van der Waals surface area contributed by atoms with Crippen LogP contribution in [0, 0.1) is 68.0 Å². The Hall–Kier alpha value is -3.28. The molecule has 1 aromatic carbocycles.